The molecule has 0 radical (unpaired) electrons. The van der Waals surface area contributed by atoms with Crippen LogP contribution in [0.3, 0.4) is 0 Å². The van der Waals surface area contributed by atoms with E-state index < -0.39 is 16.6 Å². The molecule has 50 heavy (non-hydrogen) atoms. The second-order valence-corrected chi connectivity index (χ2v) is 30.0. The Morgan fingerprint density at radius 3 is 2.18 bits per heavy atom. The van der Waals surface area contributed by atoms with E-state index in [1.54, 1.807) is 5.57 Å². The van der Waals surface area contributed by atoms with Gasteiger partial charge in [0.2, 0.25) is 0 Å². The Balaban J connectivity index is 1.52. The van der Waals surface area contributed by atoms with Gasteiger partial charge in [0, 0.05) is 11.8 Å². The van der Waals surface area contributed by atoms with Crippen molar-refractivity contribution in [1.82, 2.24) is 0 Å². The molecule has 5 heteroatoms. The highest BCUT2D eigenvalue weighted by Gasteiger charge is 2.51. The van der Waals surface area contributed by atoms with Gasteiger partial charge in [-0.05, 0) is 134 Å². The summed E-state index contributed by atoms with van der Waals surface area (Å²) in [6.07, 6.45) is 25.8. The summed E-state index contributed by atoms with van der Waals surface area (Å²) in [5.74, 6) is 2.09. The van der Waals surface area contributed by atoms with Gasteiger partial charge in [0.25, 0.3) is 0 Å². The van der Waals surface area contributed by atoms with Crippen LogP contribution in [0.25, 0.3) is 0 Å². The Hall–Kier alpha value is -1.02. The molecule has 0 N–H and O–H groups in total. The first-order valence-electron chi connectivity index (χ1n) is 20.7. The summed E-state index contributed by atoms with van der Waals surface area (Å²) in [5, 5.41) is 0.312. The van der Waals surface area contributed by atoms with Crippen LogP contribution in [-0.2, 0) is 13.6 Å². The van der Waals surface area contributed by atoms with Gasteiger partial charge in [-0.25, -0.2) is 0 Å². The lowest BCUT2D eigenvalue weighted by atomic mass is 9.61. The first-order chi connectivity index (χ1) is 23.1. The molecule has 0 aromatic carbocycles. The first-order valence-corrected chi connectivity index (χ1v) is 26.6. The number of rotatable bonds is 14. The molecule has 0 aromatic heterocycles. The lowest BCUT2D eigenvalue weighted by Crippen LogP contribution is -2.49. The molecule has 0 aromatic rings. The van der Waals surface area contributed by atoms with Gasteiger partial charge in [0.05, 0.1) is 12.2 Å². The van der Waals surface area contributed by atoms with Crippen molar-refractivity contribution in [3.63, 3.8) is 0 Å². The van der Waals surface area contributed by atoms with E-state index >= 15 is 0 Å². The molecule has 0 unspecified atom stereocenters. The van der Waals surface area contributed by atoms with Gasteiger partial charge in [0.1, 0.15) is 0 Å². The van der Waals surface area contributed by atoms with E-state index in [0.29, 0.717) is 29.0 Å². The van der Waals surface area contributed by atoms with Crippen LogP contribution in [0.4, 0.5) is 0 Å². The summed E-state index contributed by atoms with van der Waals surface area (Å²) in [6, 6.07) is 0. The molecule has 0 bridgehead atoms. The summed E-state index contributed by atoms with van der Waals surface area (Å²) in [4.78, 5) is 13.4. The number of hydrogen-bond acceptors (Lipinski definition) is 3. The number of allylic oxidation sites excluding steroid dienone is 5. The maximum atomic E-state index is 13.4. The molecule has 0 aliphatic heterocycles. The predicted octanol–water partition coefficient (Wildman–Crippen LogP) is 13.7. The van der Waals surface area contributed by atoms with Gasteiger partial charge in [-0.1, -0.05) is 118 Å². The number of hydrogen-bond donors (Lipinski definition) is 0. The van der Waals surface area contributed by atoms with Crippen molar-refractivity contribution in [3.05, 3.63) is 47.6 Å². The summed E-state index contributed by atoms with van der Waals surface area (Å²) >= 11 is 0. The minimum atomic E-state index is -1.99. The van der Waals surface area contributed by atoms with Crippen LogP contribution in [0.2, 0.25) is 36.3 Å². The second-order valence-electron chi connectivity index (χ2n) is 20.5. The van der Waals surface area contributed by atoms with Crippen molar-refractivity contribution in [2.24, 2.45) is 28.6 Å². The van der Waals surface area contributed by atoms with Crippen LogP contribution >= 0.6 is 0 Å². The van der Waals surface area contributed by atoms with Gasteiger partial charge in [0.15, 0.2) is 22.4 Å². The zero-order valence-corrected chi connectivity index (χ0v) is 37.0. The lowest BCUT2D eigenvalue weighted by molar-refractivity contribution is -0.119. The highest BCUT2D eigenvalue weighted by atomic mass is 28.4. The Morgan fingerprint density at radius 1 is 0.940 bits per heavy atom. The molecule has 4 aliphatic carbocycles. The van der Waals surface area contributed by atoms with Crippen LogP contribution < -0.4 is 0 Å². The largest absolute Gasteiger partial charge is 0.413 e. The van der Waals surface area contributed by atoms with Crippen molar-refractivity contribution in [2.75, 3.05) is 0 Å². The van der Waals surface area contributed by atoms with E-state index in [0.717, 1.165) is 32.1 Å². The molecule has 0 saturated heterocycles. The number of ketones is 1. The molecule has 6 atom stereocenters. The molecule has 0 amide bonds. The van der Waals surface area contributed by atoms with Crippen LogP contribution in [0.5, 0.6) is 0 Å². The van der Waals surface area contributed by atoms with Crippen molar-refractivity contribution < 1.29 is 13.6 Å². The average Bonchev–Trinajstić information content (AvgIpc) is 3.71. The third-order valence-electron chi connectivity index (χ3n) is 14.8. The van der Waals surface area contributed by atoms with Crippen molar-refractivity contribution >= 4 is 22.4 Å². The van der Waals surface area contributed by atoms with Gasteiger partial charge in [-0.2, -0.15) is 0 Å². The molecular weight excluding hydrogens is 645 g/mol. The van der Waals surface area contributed by atoms with E-state index in [1.807, 2.05) is 6.08 Å². The normalized spacial score (nSPS) is 31.4. The van der Waals surface area contributed by atoms with Crippen LogP contribution in [0.1, 0.15) is 152 Å². The van der Waals surface area contributed by atoms with Crippen molar-refractivity contribution in [3.8, 4) is 0 Å². The molecule has 284 valence electrons. The Kier molecular flexibility index (Phi) is 13.2. The topological polar surface area (TPSA) is 35.5 Å². The molecule has 0 heterocycles. The Bertz CT molecular complexity index is 1300. The van der Waals surface area contributed by atoms with Gasteiger partial charge < -0.3 is 8.85 Å². The minimum Gasteiger partial charge on any atom is -0.413 e. The molecule has 3 nitrogen and oxygen atoms in total. The van der Waals surface area contributed by atoms with E-state index in [2.05, 4.69) is 107 Å². The maximum absolute atomic E-state index is 13.4. The highest BCUT2D eigenvalue weighted by molar-refractivity contribution is 6.74. The third-order valence-corrected chi connectivity index (χ3v) is 23.9. The fourth-order valence-electron chi connectivity index (χ4n) is 9.12. The van der Waals surface area contributed by atoms with E-state index in [4.69, 9.17) is 15.4 Å². The zero-order chi connectivity index (χ0) is 37.3. The lowest BCUT2D eigenvalue weighted by Gasteiger charge is -2.45. The molecule has 4 rings (SSSR count). The summed E-state index contributed by atoms with van der Waals surface area (Å²) < 4.78 is 14.2. The summed E-state index contributed by atoms with van der Waals surface area (Å²) in [7, 11) is -3.94. The monoisotopic (exact) mass is 723 g/mol. The van der Waals surface area contributed by atoms with E-state index in [9.17, 15) is 4.79 Å². The number of carbonyl (C=O) groups excluding carboxylic acids is 1. The number of unbranched alkanes of at least 4 members (excludes halogenated alkanes) is 3. The van der Waals surface area contributed by atoms with Crippen LogP contribution in [-0.4, -0.2) is 34.6 Å². The highest BCUT2D eigenvalue weighted by Crippen LogP contribution is 2.60. The minimum absolute atomic E-state index is 0.0120. The Morgan fingerprint density at radius 2 is 1.58 bits per heavy atom. The second kappa shape index (κ2) is 15.8. The van der Waals surface area contributed by atoms with Crippen molar-refractivity contribution in [2.45, 2.75) is 201 Å². The number of carbonyl (C=O) groups is 1. The van der Waals surface area contributed by atoms with Gasteiger partial charge >= 0.3 is 0 Å². The molecule has 4 saturated carbocycles. The predicted molar refractivity (Wildman–Crippen MR) is 221 cm³/mol. The van der Waals surface area contributed by atoms with Crippen LogP contribution in [0, 0.1) is 28.6 Å². The summed E-state index contributed by atoms with van der Waals surface area (Å²) in [6.45, 7) is 35.5. The molecule has 4 aliphatic rings. The SMILES string of the molecule is C=C1/C(=C\C=C2/CCC[C@]3(C)[C@@H]([C@H](C)/C=C/C(=O)C4(CCCCCC)CC4)CC[C@@H]23)C[C@@H](O[Si](C)(C)C(C)(C)C)C[C@@H]1O[Si](C)(C)C(C)(C)C. The fraction of sp³-hybridized carbons (Fsp3) is 0.800. The smallest absolute Gasteiger partial charge is 0.192 e. The zero-order valence-electron chi connectivity index (χ0n) is 35.0. The van der Waals surface area contributed by atoms with Crippen LogP contribution in [0.15, 0.2) is 47.6 Å². The van der Waals surface area contributed by atoms with Gasteiger partial charge in [-0.15, -0.1) is 0 Å². The standard InChI is InChI=1S/C45H78O3Si2/c1-15-16-17-18-28-45(29-30-45)41(46)26-21-33(2)38-24-25-39-35(20-19-27-44(38,39)10)22-23-36-31-37(47-49(11,12)42(4,5)6)32-40(34(36)3)48-50(13,14)43(7,8)9/h21-23,26,33,37-40H,3,15-20,24-25,27-32H2,1-2,4-14H3/b26-21+,35-22+,36-23-/t33-,37-,38-,39+,40+,44-/m1/s1. The van der Waals surface area contributed by atoms with Gasteiger partial charge in [-0.3, -0.25) is 4.79 Å². The maximum Gasteiger partial charge on any atom is 0.192 e. The van der Waals surface area contributed by atoms with E-state index in [-0.39, 0.29) is 27.7 Å². The first kappa shape index (κ1) is 41.7. The van der Waals surface area contributed by atoms with Crippen molar-refractivity contribution in [1.29, 1.82) is 0 Å². The molecular formula is C45H78O3Si2. The Labute approximate surface area is 311 Å². The van der Waals surface area contributed by atoms with E-state index in [1.165, 1.54) is 68.9 Å². The summed E-state index contributed by atoms with van der Waals surface area (Å²) in [5.41, 5.74) is 4.40. The quantitative estimate of drug-likeness (QED) is 0.102. The number of fused-ring (bicyclic) bond motifs is 1. The molecule has 4 fully saturated rings. The third kappa shape index (κ3) is 9.37. The average molecular weight is 723 g/mol. The fourth-order valence-corrected chi connectivity index (χ4v) is 11.8. The molecule has 0 spiro atoms.